The number of aromatic nitrogens is 2. The zero-order valence-corrected chi connectivity index (χ0v) is 38.8. The molecule has 5 aliphatic rings. The maximum Gasteiger partial charge on any atom is 0.314 e. The maximum atomic E-state index is 15.2. The van der Waals surface area contributed by atoms with Crippen molar-refractivity contribution < 1.29 is 38.6 Å². The van der Waals surface area contributed by atoms with E-state index in [1.807, 2.05) is 60.9 Å². The molecule has 0 radical (unpaired) electrons. The molecule has 4 aromatic rings. The van der Waals surface area contributed by atoms with Crippen molar-refractivity contribution in [1.29, 1.82) is 0 Å². The quantitative estimate of drug-likeness (QED) is 0.106. The van der Waals surface area contributed by atoms with Crippen LogP contribution >= 0.6 is 0 Å². The van der Waals surface area contributed by atoms with Crippen LogP contribution in [0.5, 0.6) is 0 Å². The zero-order valence-electron chi connectivity index (χ0n) is 38.8. The summed E-state index contributed by atoms with van der Waals surface area (Å²) in [4.78, 5) is 97.9. The predicted molar refractivity (Wildman–Crippen MR) is 254 cm³/mol. The Labute approximate surface area is 395 Å². The lowest BCUT2D eigenvalue weighted by molar-refractivity contribution is -0.149. The minimum Gasteiger partial charge on any atom is -0.383 e. The Balaban J connectivity index is 1.09. The number of H-pyrrole nitrogens is 2. The van der Waals surface area contributed by atoms with E-state index in [0.29, 0.717) is 58.1 Å². The van der Waals surface area contributed by atoms with Gasteiger partial charge in [0, 0.05) is 79.8 Å². The molecule has 68 heavy (non-hydrogen) atoms. The van der Waals surface area contributed by atoms with Gasteiger partial charge in [-0.05, 0) is 80.5 Å². The molecule has 2 aromatic carbocycles. The van der Waals surface area contributed by atoms with E-state index in [0.717, 1.165) is 58.6 Å². The van der Waals surface area contributed by atoms with Crippen molar-refractivity contribution >= 4 is 57.4 Å². The molecule has 2 aromatic heterocycles. The lowest BCUT2D eigenvalue weighted by atomic mass is 9.84. The number of urea groups is 1. The number of hydrogen-bond acceptors (Lipinski definition) is 9. The Kier molecular flexibility index (Phi) is 14.3. The highest BCUT2D eigenvalue weighted by atomic mass is 16.5. The number of hydrogen-bond donors (Lipinski definition) is 9. The van der Waals surface area contributed by atoms with Gasteiger partial charge in [0.25, 0.3) is 0 Å². The van der Waals surface area contributed by atoms with Crippen molar-refractivity contribution in [1.82, 2.24) is 51.7 Å². The highest BCUT2D eigenvalue weighted by molar-refractivity contribution is 5.99. The number of carbonyl (C=O) groups is 6. The van der Waals surface area contributed by atoms with E-state index in [1.54, 1.807) is 9.80 Å². The fourth-order valence-electron chi connectivity index (χ4n) is 11.8. The second-order valence-corrected chi connectivity index (χ2v) is 19.5. The molecule has 9 rings (SSSR count). The average Bonchev–Trinajstić information content (AvgIpc) is 4.21. The van der Waals surface area contributed by atoms with Crippen LogP contribution in [0, 0.1) is 5.92 Å². The van der Waals surface area contributed by atoms with Gasteiger partial charge in [-0.15, -0.1) is 0 Å². The SMILES string of the molecule is COCCNC(=O)NCCC1NC(=O)C(Cc2c[nH]c3ccccc23)NC(=O)C2(CCCC2)NC(=O)C(Cc2c[nH]c3ccccc23)NC(=O)C2CC3CCCCC3N2C(=O)C2CCCN2C1O. The van der Waals surface area contributed by atoms with Gasteiger partial charge in [-0.25, -0.2) is 4.79 Å². The first-order chi connectivity index (χ1) is 33.0. The van der Waals surface area contributed by atoms with Crippen LogP contribution in [0.1, 0.15) is 88.2 Å². The molecule has 5 fully saturated rings. The number of aromatic amines is 2. The number of aliphatic hydroxyl groups excluding tert-OH is 1. The van der Waals surface area contributed by atoms with Gasteiger partial charge in [-0.1, -0.05) is 62.1 Å². The molecule has 1 spiro atoms. The average molecular weight is 935 g/mol. The monoisotopic (exact) mass is 935 g/mol. The van der Waals surface area contributed by atoms with E-state index >= 15 is 4.79 Å². The van der Waals surface area contributed by atoms with Crippen LogP contribution in [0.2, 0.25) is 0 Å². The van der Waals surface area contributed by atoms with E-state index in [4.69, 9.17) is 4.74 Å². The Bertz CT molecular complexity index is 2480. The Morgan fingerprint density at radius 1 is 0.750 bits per heavy atom. The Hall–Kier alpha value is -5.98. The van der Waals surface area contributed by atoms with Crippen LogP contribution in [0.25, 0.3) is 21.8 Å². The fourth-order valence-corrected chi connectivity index (χ4v) is 11.8. The molecule has 2 aliphatic carbocycles. The first kappa shape index (κ1) is 47.1. The summed E-state index contributed by atoms with van der Waals surface area (Å²) in [5, 5.41) is 32.1. The lowest BCUT2D eigenvalue weighted by Gasteiger charge is -2.40. The number of methoxy groups -OCH3 is 1. The number of aliphatic hydroxyl groups is 1. The highest BCUT2D eigenvalue weighted by Gasteiger charge is 2.52. The Morgan fingerprint density at radius 2 is 1.40 bits per heavy atom. The molecule has 9 N–H and O–H groups in total. The molecule has 18 heteroatoms. The summed E-state index contributed by atoms with van der Waals surface area (Å²) >= 11 is 0. The molecular formula is C50H66N10O8. The summed E-state index contributed by atoms with van der Waals surface area (Å²) in [6.45, 7) is 0.997. The molecule has 8 unspecified atom stereocenters. The summed E-state index contributed by atoms with van der Waals surface area (Å²) in [7, 11) is 1.53. The number of amides is 7. The molecule has 3 aliphatic heterocycles. The van der Waals surface area contributed by atoms with Crippen molar-refractivity contribution in [3.8, 4) is 0 Å². The number of nitrogens with one attached hydrogen (secondary N) is 8. The van der Waals surface area contributed by atoms with Crippen LogP contribution in [0.3, 0.4) is 0 Å². The maximum absolute atomic E-state index is 15.2. The molecular weight excluding hydrogens is 869 g/mol. The second kappa shape index (κ2) is 20.7. The zero-order chi connectivity index (χ0) is 47.4. The predicted octanol–water partition coefficient (Wildman–Crippen LogP) is 2.61. The Morgan fingerprint density at radius 3 is 2.09 bits per heavy atom. The largest absolute Gasteiger partial charge is 0.383 e. The van der Waals surface area contributed by atoms with Crippen LogP contribution < -0.4 is 31.9 Å². The molecule has 18 nitrogen and oxygen atoms in total. The van der Waals surface area contributed by atoms with Gasteiger partial charge in [-0.2, -0.15) is 0 Å². The lowest BCUT2D eigenvalue weighted by Crippen LogP contribution is -2.66. The van der Waals surface area contributed by atoms with Gasteiger partial charge >= 0.3 is 6.03 Å². The van der Waals surface area contributed by atoms with E-state index in [2.05, 4.69) is 41.9 Å². The molecule has 3 saturated heterocycles. The smallest absolute Gasteiger partial charge is 0.314 e. The third-order valence-corrected chi connectivity index (χ3v) is 15.3. The summed E-state index contributed by atoms with van der Waals surface area (Å²) < 4.78 is 5.06. The van der Waals surface area contributed by atoms with E-state index < -0.39 is 71.6 Å². The van der Waals surface area contributed by atoms with E-state index in [9.17, 15) is 29.1 Å². The van der Waals surface area contributed by atoms with Crippen molar-refractivity contribution in [2.24, 2.45) is 5.92 Å². The third-order valence-electron chi connectivity index (χ3n) is 15.3. The number of rotatable bonds is 10. The van der Waals surface area contributed by atoms with Crippen LogP contribution in [0.15, 0.2) is 60.9 Å². The standard InChI is InChI=1S/C50H66N10O8/c1-68-24-22-52-49(67)51-21-18-37-46(64)59-23-10-17-41(59)47(65)60-40-16-7-2-11-30(40)27-42(60)45(63)56-39(26-32-29-54-36-15-6-4-13-34(32)36)44(62)58-50(19-8-9-20-50)48(66)57-38(43(61)55-37)25-31-28-53-35-14-5-3-12-33(31)35/h3-6,12-15,28-30,37-42,46,53-54,64H,2,7-11,16-27H2,1H3,(H,55,61)(H,56,63)(H,57,66)(H,58,62)(H2,51,52,67). The number of carbonyl (C=O) groups excluding carboxylic acids is 6. The van der Waals surface area contributed by atoms with Crippen LogP contribution in [-0.2, 0) is 41.6 Å². The van der Waals surface area contributed by atoms with Gasteiger partial charge in [0.1, 0.15) is 29.9 Å². The number of benzene rings is 2. The van der Waals surface area contributed by atoms with Crippen LogP contribution in [0.4, 0.5) is 4.79 Å². The van der Waals surface area contributed by atoms with Crippen molar-refractivity contribution in [2.75, 3.05) is 33.4 Å². The number of ether oxygens (including phenoxy) is 1. The fraction of sp³-hybridized carbons (Fsp3) is 0.560. The second-order valence-electron chi connectivity index (χ2n) is 19.5. The summed E-state index contributed by atoms with van der Waals surface area (Å²) in [6, 6.07) is 9.78. The van der Waals surface area contributed by atoms with Gasteiger partial charge in [0.2, 0.25) is 29.5 Å². The molecule has 364 valence electrons. The number of fused-ring (bicyclic) bond motifs is 6. The summed E-state index contributed by atoms with van der Waals surface area (Å²) in [6.07, 6.45) is 9.39. The number of nitrogens with zero attached hydrogens (tertiary/aromatic N) is 2. The number of para-hydroxylation sites is 2. The molecule has 7 amide bonds. The minimum absolute atomic E-state index is 0.0553. The molecule has 2 saturated carbocycles. The van der Waals surface area contributed by atoms with Crippen molar-refractivity contribution in [2.45, 2.75) is 138 Å². The minimum atomic E-state index is -1.41. The van der Waals surface area contributed by atoms with Gasteiger partial charge in [0.05, 0.1) is 18.7 Å². The highest BCUT2D eigenvalue weighted by Crippen LogP contribution is 2.42. The van der Waals surface area contributed by atoms with E-state index in [1.165, 1.54) is 7.11 Å². The first-order valence-electron chi connectivity index (χ1n) is 24.6. The third kappa shape index (κ3) is 9.81. The summed E-state index contributed by atoms with van der Waals surface area (Å²) in [5.74, 6) is -2.23. The normalized spacial score (nSPS) is 28.3. The van der Waals surface area contributed by atoms with Gasteiger partial charge in [-0.3, -0.25) is 28.9 Å². The van der Waals surface area contributed by atoms with Crippen molar-refractivity contribution in [3.63, 3.8) is 0 Å². The van der Waals surface area contributed by atoms with Gasteiger partial charge in [0.15, 0.2) is 0 Å². The summed E-state index contributed by atoms with van der Waals surface area (Å²) in [5.41, 5.74) is 1.90. The molecule has 5 heterocycles. The topological polar surface area (TPSA) is 242 Å². The molecule has 8 atom stereocenters. The van der Waals surface area contributed by atoms with Crippen molar-refractivity contribution in [3.05, 3.63) is 72.1 Å². The van der Waals surface area contributed by atoms with Gasteiger partial charge < -0.3 is 56.6 Å². The van der Waals surface area contributed by atoms with Crippen LogP contribution in [-0.4, -0.2) is 142 Å². The van der Waals surface area contributed by atoms with E-state index in [-0.39, 0.29) is 50.2 Å². The first-order valence-corrected chi connectivity index (χ1v) is 24.6. The molecule has 0 bridgehead atoms.